The Balaban J connectivity index is 1.38. The first-order valence-corrected chi connectivity index (χ1v) is 13.8. The number of hydrogen-bond acceptors (Lipinski definition) is 6. The Morgan fingerprint density at radius 3 is 2.36 bits per heavy atom. The summed E-state index contributed by atoms with van der Waals surface area (Å²) in [5.41, 5.74) is 4.76. The van der Waals surface area contributed by atoms with Gasteiger partial charge in [-0.25, -0.2) is 4.79 Å². The summed E-state index contributed by atoms with van der Waals surface area (Å²) >= 11 is 0. The van der Waals surface area contributed by atoms with Gasteiger partial charge < -0.3 is 19.1 Å². The van der Waals surface area contributed by atoms with Crippen molar-refractivity contribution in [1.29, 1.82) is 0 Å². The standard InChI is InChI=1S/C33H39NO5/c1-5-37-30(32(36)38-6-2)22-24-12-15-27(16-13-24)39-21-20-34-19-18-33(3,4)28-23-26(14-17-29(28)34)31(35)25-10-8-7-9-11-25/h7-17,23,30H,5-6,18-22H2,1-4H3/t30-/m0/s1. The summed E-state index contributed by atoms with van der Waals surface area (Å²) < 4.78 is 16.8. The first-order chi connectivity index (χ1) is 18.8. The van der Waals surface area contributed by atoms with E-state index in [4.69, 9.17) is 14.2 Å². The Morgan fingerprint density at radius 1 is 0.923 bits per heavy atom. The zero-order valence-corrected chi connectivity index (χ0v) is 23.4. The Hall–Kier alpha value is -3.64. The van der Waals surface area contributed by atoms with Crippen LogP contribution in [0.25, 0.3) is 0 Å². The molecule has 0 fully saturated rings. The second-order valence-electron chi connectivity index (χ2n) is 10.4. The number of ketones is 1. The number of rotatable bonds is 12. The van der Waals surface area contributed by atoms with E-state index in [1.54, 1.807) is 6.92 Å². The highest BCUT2D eigenvalue weighted by Gasteiger charge is 2.32. The fourth-order valence-corrected chi connectivity index (χ4v) is 5.01. The predicted octanol–water partition coefficient (Wildman–Crippen LogP) is 6.00. The summed E-state index contributed by atoms with van der Waals surface area (Å²) in [6.07, 6.45) is 0.856. The van der Waals surface area contributed by atoms with Crippen molar-refractivity contribution in [3.05, 3.63) is 95.1 Å². The predicted molar refractivity (Wildman–Crippen MR) is 154 cm³/mol. The van der Waals surface area contributed by atoms with Crippen LogP contribution in [0.15, 0.2) is 72.8 Å². The number of esters is 1. The molecule has 206 valence electrons. The normalized spacial score (nSPS) is 14.8. The maximum absolute atomic E-state index is 13.1. The third kappa shape index (κ3) is 7.07. The van der Waals surface area contributed by atoms with Crippen LogP contribution in [0.2, 0.25) is 0 Å². The molecule has 3 aromatic rings. The van der Waals surface area contributed by atoms with Gasteiger partial charge in [0.2, 0.25) is 0 Å². The smallest absolute Gasteiger partial charge is 0.335 e. The van der Waals surface area contributed by atoms with Gasteiger partial charge in [-0.05, 0) is 67.1 Å². The molecule has 4 rings (SSSR count). The number of carbonyl (C=O) groups excluding carboxylic acids is 2. The van der Waals surface area contributed by atoms with Crippen LogP contribution in [0.3, 0.4) is 0 Å². The van der Waals surface area contributed by atoms with Crippen LogP contribution in [0.5, 0.6) is 5.75 Å². The number of carbonyl (C=O) groups is 2. The van der Waals surface area contributed by atoms with E-state index in [0.717, 1.165) is 42.1 Å². The topological polar surface area (TPSA) is 65.1 Å². The lowest BCUT2D eigenvalue weighted by atomic mass is 9.76. The maximum atomic E-state index is 13.1. The molecule has 0 saturated heterocycles. The molecular weight excluding hydrogens is 490 g/mol. The van der Waals surface area contributed by atoms with E-state index in [9.17, 15) is 9.59 Å². The van der Waals surface area contributed by atoms with Gasteiger partial charge >= 0.3 is 5.97 Å². The van der Waals surface area contributed by atoms with Crippen LogP contribution in [0, 0.1) is 0 Å². The van der Waals surface area contributed by atoms with E-state index in [2.05, 4.69) is 30.9 Å². The lowest BCUT2D eigenvalue weighted by Gasteiger charge is -2.40. The first-order valence-electron chi connectivity index (χ1n) is 13.8. The highest BCUT2D eigenvalue weighted by atomic mass is 16.6. The van der Waals surface area contributed by atoms with Crippen LogP contribution in [-0.4, -0.2) is 50.8 Å². The number of fused-ring (bicyclic) bond motifs is 1. The highest BCUT2D eigenvalue weighted by Crippen LogP contribution is 2.40. The molecular formula is C33H39NO5. The molecule has 0 unspecified atom stereocenters. The molecule has 0 amide bonds. The number of benzene rings is 3. The molecule has 6 heteroatoms. The third-order valence-corrected chi connectivity index (χ3v) is 7.26. The van der Waals surface area contributed by atoms with E-state index in [0.29, 0.717) is 31.8 Å². The van der Waals surface area contributed by atoms with E-state index < -0.39 is 6.10 Å². The van der Waals surface area contributed by atoms with Gasteiger partial charge in [0.25, 0.3) is 0 Å². The zero-order chi connectivity index (χ0) is 27.8. The number of ether oxygens (including phenoxy) is 3. The summed E-state index contributed by atoms with van der Waals surface area (Å²) in [6.45, 7) is 11.1. The summed E-state index contributed by atoms with van der Waals surface area (Å²) in [5, 5.41) is 0. The monoisotopic (exact) mass is 529 g/mol. The Labute approximate surface area is 231 Å². The van der Waals surface area contributed by atoms with Crippen molar-refractivity contribution in [1.82, 2.24) is 0 Å². The van der Waals surface area contributed by atoms with E-state index in [-0.39, 0.29) is 17.2 Å². The molecule has 0 aliphatic carbocycles. The average Bonchev–Trinajstić information content (AvgIpc) is 2.95. The lowest BCUT2D eigenvalue weighted by Crippen LogP contribution is -2.39. The van der Waals surface area contributed by atoms with Crippen LogP contribution < -0.4 is 9.64 Å². The van der Waals surface area contributed by atoms with Crippen molar-refractivity contribution in [3.63, 3.8) is 0 Å². The molecule has 1 aliphatic rings. The van der Waals surface area contributed by atoms with Crippen LogP contribution in [-0.2, 0) is 26.1 Å². The van der Waals surface area contributed by atoms with E-state index in [1.165, 1.54) is 5.56 Å². The molecule has 0 spiro atoms. The van der Waals surface area contributed by atoms with Crippen molar-refractivity contribution in [2.75, 3.05) is 37.8 Å². The maximum Gasteiger partial charge on any atom is 0.335 e. The fourth-order valence-electron chi connectivity index (χ4n) is 5.01. The fraction of sp³-hybridized carbons (Fsp3) is 0.394. The van der Waals surface area contributed by atoms with E-state index in [1.807, 2.05) is 67.6 Å². The molecule has 0 aromatic heterocycles. The third-order valence-electron chi connectivity index (χ3n) is 7.26. The van der Waals surface area contributed by atoms with Crippen molar-refractivity contribution in [3.8, 4) is 5.75 Å². The average molecular weight is 530 g/mol. The molecule has 1 aliphatic heterocycles. The molecule has 1 atom stereocenters. The molecule has 0 radical (unpaired) electrons. The molecule has 0 N–H and O–H groups in total. The SMILES string of the molecule is CCOC(=O)[C@H](Cc1ccc(OCCN2CCC(C)(C)c3cc(C(=O)c4ccccc4)ccc32)cc1)OCC. The number of anilines is 1. The van der Waals surface area contributed by atoms with Gasteiger partial charge in [0, 0.05) is 36.4 Å². The molecule has 6 nitrogen and oxygen atoms in total. The quantitative estimate of drug-likeness (QED) is 0.212. The largest absolute Gasteiger partial charge is 0.492 e. The Bertz CT molecular complexity index is 1250. The summed E-state index contributed by atoms with van der Waals surface area (Å²) in [5.74, 6) is 0.498. The first kappa shape index (κ1) is 28.4. The van der Waals surface area contributed by atoms with Crippen LogP contribution >= 0.6 is 0 Å². The van der Waals surface area contributed by atoms with E-state index >= 15 is 0 Å². The van der Waals surface area contributed by atoms with Gasteiger partial charge in [0.15, 0.2) is 11.9 Å². The lowest BCUT2D eigenvalue weighted by molar-refractivity contribution is -0.156. The summed E-state index contributed by atoms with van der Waals surface area (Å²) in [4.78, 5) is 27.6. The second-order valence-corrected chi connectivity index (χ2v) is 10.4. The van der Waals surface area contributed by atoms with Crippen molar-refractivity contribution >= 4 is 17.4 Å². The van der Waals surface area contributed by atoms with Crippen molar-refractivity contribution in [2.24, 2.45) is 0 Å². The van der Waals surface area contributed by atoms with Gasteiger partial charge in [-0.15, -0.1) is 0 Å². The summed E-state index contributed by atoms with van der Waals surface area (Å²) in [6, 6.07) is 23.3. The summed E-state index contributed by atoms with van der Waals surface area (Å²) in [7, 11) is 0. The Kier molecular flexibility index (Phi) is 9.41. The van der Waals surface area contributed by atoms with Crippen molar-refractivity contribution < 1.29 is 23.8 Å². The molecule has 3 aromatic carbocycles. The van der Waals surface area contributed by atoms with Gasteiger partial charge in [-0.1, -0.05) is 56.3 Å². The van der Waals surface area contributed by atoms with Crippen molar-refractivity contribution in [2.45, 2.75) is 52.1 Å². The molecule has 0 bridgehead atoms. The van der Waals surface area contributed by atoms with Gasteiger partial charge in [0.05, 0.1) is 13.2 Å². The second kappa shape index (κ2) is 12.9. The minimum absolute atomic E-state index is 0.0155. The minimum atomic E-state index is -0.603. The van der Waals surface area contributed by atoms with Crippen LogP contribution in [0.1, 0.15) is 61.2 Å². The van der Waals surface area contributed by atoms with Gasteiger partial charge in [-0.2, -0.15) is 0 Å². The van der Waals surface area contributed by atoms with Crippen LogP contribution in [0.4, 0.5) is 5.69 Å². The van der Waals surface area contributed by atoms with Gasteiger partial charge in [-0.3, -0.25) is 4.79 Å². The van der Waals surface area contributed by atoms with Gasteiger partial charge in [0.1, 0.15) is 12.4 Å². The minimum Gasteiger partial charge on any atom is -0.492 e. The molecule has 0 saturated carbocycles. The molecule has 39 heavy (non-hydrogen) atoms. The highest BCUT2D eigenvalue weighted by molar-refractivity contribution is 6.09. The zero-order valence-electron chi connectivity index (χ0n) is 23.4. The molecule has 1 heterocycles. The number of nitrogens with zero attached hydrogens (tertiary/aromatic N) is 1. The number of hydrogen-bond donors (Lipinski definition) is 0. The Morgan fingerprint density at radius 2 is 1.67 bits per heavy atom.